The zero-order valence-electron chi connectivity index (χ0n) is 11.3. The largest absolute Gasteiger partial charge is 0.334 e. The zero-order chi connectivity index (χ0) is 15.1. The lowest BCUT2D eigenvalue weighted by Crippen LogP contribution is -2.28. The van der Waals surface area contributed by atoms with E-state index in [-0.39, 0.29) is 11.9 Å². The third-order valence-corrected chi connectivity index (χ3v) is 3.27. The van der Waals surface area contributed by atoms with E-state index in [1.54, 1.807) is 41.8 Å². The summed E-state index contributed by atoms with van der Waals surface area (Å²) >= 11 is 1.47. The van der Waals surface area contributed by atoms with Crippen LogP contribution >= 0.6 is 11.3 Å². The standard InChI is InChI=1S/C15H15N3O2S/c1-2-8-16-15(20)18-13-5-3-12(4-6-13)17-14(19)11-7-9-21-10-11/h2-7,9-10H,1,8H2,(H,17,19)(H2,16,18,20). The Morgan fingerprint density at radius 3 is 2.33 bits per heavy atom. The lowest BCUT2D eigenvalue weighted by molar-refractivity contribution is 0.102. The maximum absolute atomic E-state index is 11.9. The molecule has 0 fully saturated rings. The number of hydrogen-bond donors (Lipinski definition) is 3. The van der Waals surface area contributed by atoms with Crippen LogP contribution in [0.1, 0.15) is 10.4 Å². The van der Waals surface area contributed by atoms with Crippen molar-refractivity contribution in [2.45, 2.75) is 0 Å². The predicted octanol–water partition coefficient (Wildman–Crippen LogP) is 3.31. The number of nitrogens with one attached hydrogen (secondary N) is 3. The molecule has 0 unspecified atom stereocenters. The Labute approximate surface area is 126 Å². The van der Waals surface area contributed by atoms with E-state index < -0.39 is 0 Å². The molecule has 2 rings (SSSR count). The van der Waals surface area contributed by atoms with Crippen molar-refractivity contribution in [2.75, 3.05) is 17.2 Å². The summed E-state index contributed by atoms with van der Waals surface area (Å²) in [5.74, 6) is -0.152. The SMILES string of the molecule is C=CCNC(=O)Nc1ccc(NC(=O)c2ccsc2)cc1. The molecule has 1 aromatic carbocycles. The fraction of sp³-hybridized carbons (Fsp3) is 0.0667. The van der Waals surface area contributed by atoms with Gasteiger partial charge < -0.3 is 16.0 Å². The van der Waals surface area contributed by atoms with Gasteiger partial charge in [0.1, 0.15) is 0 Å². The van der Waals surface area contributed by atoms with Crippen LogP contribution in [0.5, 0.6) is 0 Å². The molecule has 0 saturated heterocycles. The number of amides is 3. The molecule has 0 saturated carbocycles. The van der Waals surface area contributed by atoms with Crippen LogP contribution in [-0.2, 0) is 0 Å². The number of rotatable bonds is 5. The summed E-state index contributed by atoms with van der Waals surface area (Å²) < 4.78 is 0. The molecule has 1 heterocycles. The summed E-state index contributed by atoms with van der Waals surface area (Å²) in [4.78, 5) is 23.3. The van der Waals surface area contributed by atoms with Gasteiger partial charge in [-0.2, -0.15) is 11.3 Å². The Balaban J connectivity index is 1.91. The van der Waals surface area contributed by atoms with Crippen LogP contribution in [-0.4, -0.2) is 18.5 Å². The fourth-order valence-electron chi connectivity index (χ4n) is 1.57. The summed E-state index contributed by atoms with van der Waals surface area (Å²) in [5.41, 5.74) is 1.94. The third-order valence-electron chi connectivity index (χ3n) is 2.59. The molecular weight excluding hydrogens is 286 g/mol. The van der Waals surface area contributed by atoms with Crippen molar-refractivity contribution in [3.05, 3.63) is 59.3 Å². The van der Waals surface area contributed by atoms with Crippen molar-refractivity contribution < 1.29 is 9.59 Å². The number of benzene rings is 1. The van der Waals surface area contributed by atoms with Gasteiger partial charge in [-0.3, -0.25) is 4.79 Å². The molecule has 21 heavy (non-hydrogen) atoms. The third kappa shape index (κ3) is 4.47. The molecule has 1 aromatic heterocycles. The van der Waals surface area contributed by atoms with Gasteiger partial charge >= 0.3 is 6.03 Å². The number of thiophene rings is 1. The minimum absolute atomic E-state index is 0.152. The van der Waals surface area contributed by atoms with Crippen LogP contribution < -0.4 is 16.0 Å². The highest BCUT2D eigenvalue weighted by Gasteiger charge is 2.06. The first-order chi connectivity index (χ1) is 10.2. The fourth-order valence-corrected chi connectivity index (χ4v) is 2.21. The van der Waals surface area contributed by atoms with E-state index >= 15 is 0 Å². The molecule has 3 N–H and O–H groups in total. The Hall–Kier alpha value is -2.60. The van der Waals surface area contributed by atoms with Gasteiger partial charge in [0.15, 0.2) is 0 Å². The van der Waals surface area contributed by atoms with Crippen LogP contribution in [0.25, 0.3) is 0 Å². The normalized spacial score (nSPS) is 9.71. The van der Waals surface area contributed by atoms with E-state index in [2.05, 4.69) is 22.5 Å². The van der Waals surface area contributed by atoms with Crippen LogP contribution in [0, 0.1) is 0 Å². The summed E-state index contributed by atoms with van der Waals surface area (Å²) in [6, 6.07) is 8.36. The molecule has 6 heteroatoms. The molecule has 0 radical (unpaired) electrons. The van der Waals surface area contributed by atoms with Crippen molar-refractivity contribution in [1.82, 2.24) is 5.32 Å². The molecule has 3 amide bonds. The van der Waals surface area contributed by atoms with Gasteiger partial charge in [-0.1, -0.05) is 6.08 Å². The molecule has 0 aliphatic rings. The minimum Gasteiger partial charge on any atom is -0.334 e. The van der Waals surface area contributed by atoms with Crippen molar-refractivity contribution in [3.63, 3.8) is 0 Å². The number of carbonyl (C=O) groups excluding carboxylic acids is 2. The zero-order valence-corrected chi connectivity index (χ0v) is 12.1. The van der Waals surface area contributed by atoms with E-state index in [9.17, 15) is 9.59 Å². The Morgan fingerprint density at radius 1 is 1.10 bits per heavy atom. The van der Waals surface area contributed by atoms with Gasteiger partial charge in [0.25, 0.3) is 5.91 Å². The van der Waals surface area contributed by atoms with Crippen LogP contribution in [0.3, 0.4) is 0 Å². The highest BCUT2D eigenvalue weighted by molar-refractivity contribution is 7.08. The van der Waals surface area contributed by atoms with Gasteiger partial charge in [0.05, 0.1) is 5.56 Å². The maximum Gasteiger partial charge on any atom is 0.319 e. The number of anilines is 2. The van der Waals surface area contributed by atoms with E-state index in [0.29, 0.717) is 23.5 Å². The van der Waals surface area contributed by atoms with Crippen molar-refractivity contribution in [3.8, 4) is 0 Å². The average molecular weight is 301 g/mol. The Bertz CT molecular complexity index is 621. The first-order valence-corrected chi connectivity index (χ1v) is 7.22. The molecule has 0 bridgehead atoms. The van der Waals surface area contributed by atoms with E-state index in [0.717, 1.165) is 0 Å². The lowest BCUT2D eigenvalue weighted by atomic mass is 10.2. The van der Waals surface area contributed by atoms with Gasteiger partial charge in [-0.25, -0.2) is 4.79 Å². The number of urea groups is 1. The second kappa shape index (κ2) is 7.25. The molecule has 0 atom stereocenters. The molecule has 2 aromatic rings. The Kier molecular flexibility index (Phi) is 5.11. The van der Waals surface area contributed by atoms with Crippen molar-refractivity contribution in [2.24, 2.45) is 0 Å². The van der Waals surface area contributed by atoms with E-state index in [1.165, 1.54) is 11.3 Å². The van der Waals surface area contributed by atoms with Crippen LogP contribution in [0.2, 0.25) is 0 Å². The topological polar surface area (TPSA) is 70.2 Å². The quantitative estimate of drug-likeness (QED) is 0.741. The minimum atomic E-state index is -0.301. The monoisotopic (exact) mass is 301 g/mol. The van der Waals surface area contributed by atoms with Crippen LogP contribution in [0.15, 0.2) is 53.7 Å². The van der Waals surface area contributed by atoms with Gasteiger partial charge in [-0.15, -0.1) is 6.58 Å². The summed E-state index contributed by atoms with van der Waals surface area (Å²) in [5, 5.41) is 11.7. The van der Waals surface area contributed by atoms with Crippen molar-refractivity contribution in [1.29, 1.82) is 0 Å². The molecule has 0 aliphatic heterocycles. The second-order valence-corrected chi connectivity index (χ2v) is 4.95. The van der Waals surface area contributed by atoms with E-state index in [1.807, 2.05) is 5.38 Å². The first-order valence-electron chi connectivity index (χ1n) is 6.28. The molecule has 5 nitrogen and oxygen atoms in total. The number of hydrogen-bond acceptors (Lipinski definition) is 3. The highest BCUT2D eigenvalue weighted by atomic mass is 32.1. The lowest BCUT2D eigenvalue weighted by Gasteiger charge is -2.08. The van der Waals surface area contributed by atoms with E-state index in [4.69, 9.17) is 0 Å². The van der Waals surface area contributed by atoms with Crippen LogP contribution in [0.4, 0.5) is 16.2 Å². The highest BCUT2D eigenvalue weighted by Crippen LogP contribution is 2.15. The molecule has 108 valence electrons. The molecular formula is C15H15N3O2S. The first kappa shape index (κ1) is 14.8. The smallest absolute Gasteiger partial charge is 0.319 e. The summed E-state index contributed by atoms with van der Waals surface area (Å²) in [7, 11) is 0. The van der Waals surface area contributed by atoms with Gasteiger partial charge in [0, 0.05) is 23.3 Å². The number of carbonyl (C=O) groups is 2. The molecule has 0 aliphatic carbocycles. The predicted molar refractivity (Wildman–Crippen MR) is 85.9 cm³/mol. The van der Waals surface area contributed by atoms with Gasteiger partial charge in [0.2, 0.25) is 0 Å². The molecule has 0 spiro atoms. The Morgan fingerprint density at radius 2 is 1.76 bits per heavy atom. The average Bonchev–Trinajstić information content (AvgIpc) is 3.01. The summed E-state index contributed by atoms with van der Waals surface area (Å²) in [6.45, 7) is 3.92. The maximum atomic E-state index is 11.9. The van der Waals surface area contributed by atoms with Gasteiger partial charge in [-0.05, 0) is 35.7 Å². The summed E-state index contributed by atoms with van der Waals surface area (Å²) in [6.07, 6.45) is 1.60. The van der Waals surface area contributed by atoms with Crippen molar-refractivity contribution >= 4 is 34.6 Å². The second-order valence-electron chi connectivity index (χ2n) is 4.17.